The third-order valence-corrected chi connectivity index (χ3v) is 7.93. The van der Waals surface area contributed by atoms with Crippen molar-refractivity contribution in [1.29, 1.82) is 0 Å². The van der Waals surface area contributed by atoms with Crippen LogP contribution in [-0.2, 0) is 24.1 Å². The van der Waals surface area contributed by atoms with Gasteiger partial charge in [0.05, 0.1) is 0 Å². The molecule has 1 aromatic carbocycles. The fourth-order valence-corrected chi connectivity index (χ4v) is 5.63. The normalized spacial score (nSPS) is 17.3. The van der Waals surface area contributed by atoms with E-state index in [1.807, 2.05) is 29.2 Å². The van der Waals surface area contributed by atoms with E-state index in [1.54, 1.807) is 23.9 Å². The number of likely N-dealkylation sites (N-methyl/N-ethyl adjacent to an activating group) is 1. The molecule has 1 saturated heterocycles. The molecule has 2 amide bonds. The molecule has 0 spiro atoms. The molecule has 8 heteroatoms. The zero-order valence-corrected chi connectivity index (χ0v) is 20.9. The van der Waals surface area contributed by atoms with Crippen LogP contribution in [0.2, 0.25) is 0 Å². The molecule has 1 aliphatic heterocycles. The van der Waals surface area contributed by atoms with Gasteiger partial charge in [0.1, 0.15) is 11.6 Å². The maximum atomic E-state index is 14.5. The second kappa shape index (κ2) is 11.4. The first-order valence-electron chi connectivity index (χ1n) is 12.2. The summed E-state index contributed by atoms with van der Waals surface area (Å²) in [4.78, 5) is 29.7. The number of nitrogens with zero attached hydrogens (tertiary/aromatic N) is 3. The minimum Gasteiger partial charge on any atom is -0.360 e. The predicted molar refractivity (Wildman–Crippen MR) is 131 cm³/mol. The molecule has 2 aromatic rings. The largest absolute Gasteiger partial charge is 0.360 e. The maximum Gasteiger partial charge on any atom is 0.276 e. The molecule has 1 fully saturated rings. The van der Waals surface area contributed by atoms with E-state index in [0.717, 1.165) is 55.6 Å². The van der Waals surface area contributed by atoms with Crippen LogP contribution in [0.5, 0.6) is 0 Å². The first kappa shape index (κ1) is 24.8. The summed E-state index contributed by atoms with van der Waals surface area (Å²) in [6.45, 7) is 1.21. The van der Waals surface area contributed by atoms with E-state index in [0.29, 0.717) is 37.2 Å². The average Bonchev–Trinajstić information content (AvgIpc) is 3.30. The number of fused-ring (bicyclic) bond motifs is 1. The van der Waals surface area contributed by atoms with Gasteiger partial charge in [-0.1, -0.05) is 23.4 Å². The summed E-state index contributed by atoms with van der Waals surface area (Å²) in [5.41, 5.74) is 2.08. The number of halogens is 1. The average molecular weight is 488 g/mol. The fraction of sp³-hybridized carbons (Fsp3) is 0.577. The van der Waals surface area contributed by atoms with E-state index in [4.69, 9.17) is 4.52 Å². The van der Waals surface area contributed by atoms with Crippen molar-refractivity contribution in [3.05, 3.63) is 52.7 Å². The Bertz CT molecular complexity index is 1000. The number of amides is 2. The number of hydrogen-bond acceptors (Lipinski definition) is 5. The van der Waals surface area contributed by atoms with Gasteiger partial charge in [0.15, 0.2) is 5.69 Å². The van der Waals surface area contributed by atoms with Crippen LogP contribution >= 0.6 is 11.8 Å². The molecule has 1 aliphatic carbocycles. The quantitative estimate of drug-likeness (QED) is 0.553. The van der Waals surface area contributed by atoms with Gasteiger partial charge < -0.3 is 14.3 Å². The molecule has 184 valence electrons. The molecule has 2 aliphatic rings. The summed E-state index contributed by atoms with van der Waals surface area (Å²) < 4.78 is 19.9. The Labute approximate surface area is 205 Å². The summed E-state index contributed by atoms with van der Waals surface area (Å²) >= 11 is 1.65. The first-order valence-corrected chi connectivity index (χ1v) is 13.6. The number of aromatic nitrogens is 1. The lowest BCUT2D eigenvalue weighted by Gasteiger charge is -2.40. The van der Waals surface area contributed by atoms with Crippen LogP contribution in [0.4, 0.5) is 4.39 Å². The molecular formula is C26H34FN3O3S. The second-order valence-electron chi connectivity index (χ2n) is 9.38. The zero-order valence-electron chi connectivity index (χ0n) is 20.1. The van der Waals surface area contributed by atoms with Gasteiger partial charge in [0.2, 0.25) is 5.91 Å². The van der Waals surface area contributed by atoms with Crippen molar-refractivity contribution in [2.45, 2.75) is 57.4 Å². The molecule has 1 aromatic heterocycles. The van der Waals surface area contributed by atoms with Crippen LogP contribution in [0, 0.1) is 11.7 Å². The van der Waals surface area contributed by atoms with Crippen molar-refractivity contribution >= 4 is 23.6 Å². The Morgan fingerprint density at radius 1 is 1.24 bits per heavy atom. The maximum absolute atomic E-state index is 14.5. The van der Waals surface area contributed by atoms with Gasteiger partial charge in [-0.25, -0.2) is 4.39 Å². The Morgan fingerprint density at radius 2 is 1.97 bits per heavy atom. The van der Waals surface area contributed by atoms with E-state index in [9.17, 15) is 14.0 Å². The lowest BCUT2D eigenvalue weighted by Crippen LogP contribution is -2.48. The molecule has 4 rings (SSSR count). The Morgan fingerprint density at radius 3 is 2.71 bits per heavy atom. The van der Waals surface area contributed by atoms with E-state index in [1.165, 1.54) is 6.07 Å². The van der Waals surface area contributed by atoms with Crippen molar-refractivity contribution in [3.8, 4) is 0 Å². The minimum atomic E-state index is -0.235. The highest BCUT2D eigenvalue weighted by Gasteiger charge is 2.35. The third kappa shape index (κ3) is 5.48. The number of benzene rings is 1. The predicted octanol–water partition coefficient (Wildman–Crippen LogP) is 4.37. The van der Waals surface area contributed by atoms with Crippen molar-refractivity contribution in [1.82, 2.24) is 15.0 Å². The molecule has 0 radical (unpaired) electrons. The molecular weight excluding hydrogens is 453 g/mol. The van der Waals surface area contributed by atoms with Gasteiger partial charge in [-0.3, -0.25) is 9.59 Å². The van der Waals surface area contributed by atoms with Crippen molar-refractivity contribution in [2.75, 3.05) is 32.1 Å². The molecule has 0 saturated carbocycles. The number of hydrogen-bond donors (Lipinski definition) is 0. The molecule has 1 atom stereocenters. The van der Waals surface area contributed by atoms with Crippen LogP contribution in [0.3, 0.4) is 0 Å². The van der Waals surface area contributed by atoms with Crippen molar-refractivity contribution in [3.63, 3.8) is 0 Å². The number of aryl methyl sites for hydroxylation is 1. The highest BCUT2D eigenvalue weighted by molar-refractivity contribution is 7.98. The molecule has 0 unspecified atom stereocenters. The van der Waals surface area contributed by atoms with E-state index in [2.05, 4.69) is 5.16 Å². The van der Waals surface area contributed by atoms with Gasteiger partial charge in [0.25, 0.3) is 5.91 Å². The lowest BCUT2D eigenvalue weighted by molar-refractivity contribution is -0.133. The number of carbonyl (C=O) groups is 2. The number of thioether (sulfide) groups is 1. The minimum absolute atomic E-state index is 0.0552. The third-order valence-electron chi connectivity index (χ3n) is 7.32. The summed E-state index contributed by atoms with van der Waals surface area (Å²) in [5, 5.41) is 4.11. The fourth-order valence-electron chi connectivity index (χ4n) is 5.25. The Kier molecular flexibility index (Phi) is 8.29. The van der Waals surface area contributed by atoms with E-state index < -0.39 is 0 Å². The highest BCUT2D eigenvalue weighted by Crippen LogP contribution is 2.30. The highest BCUT2D eigenvalue weighted by atomic mass is 32.2. The number of likely N-dealkylation sites (tertiary alicyclic amines) is 1. The molecule has 0 N–H and O–H groups in total. The van der Waals surface area contributed by atoms with E-state index >= 15 is 0 Å². The van der Waals surface area contributed by atoms with Crippen LogP contribution in [0.15, 0.2) is 28.8 Å². The van der Waals surface area contributed by atoms with Gasteiger partial charge >= 0.3 is 0 Å². The van der Waals surface area contributed by atoms with Crippen molar-refractivity contribution < 1.29 is 18.5 Å². The summed E-state index contributed by atoms with van der Waals surface area (Å²) in [5.74, 6) is 1.62. The number of rotatable bonds is 8. The van der Waals surface area contributed by atoms with Gasteiger partial charge in [0, 0.05) is 50.3 Å². The Hall–Kier alpha value is -2.35. The molecule has 34 heavy (non-hydrogen) atoms. The Balaban J connectivity index is 1.45. The molecule has 6 nitrogen and oxygen atoms in total. The standard InChI is InChI=1S/C26H34FN3O3S/c1-29(24(31)13-16-34-2)22(17-19-7-3-5-9-21(19)27)18-11-14-30(15-12-18)26(32)25-20-8-4-6-10-23(20)33-28-25/h3,5,7,9,18,22H,4,6,8,10-17H2,1-2H3/t22-/m1/s1. The van der Waals surface area contributed by atoms with Gasteiger partial charge in [-0.15, -0.1) is 0 Å². The second-order valence-corrected chi connectivity index (χ2v) is 10.4. The summed E-state index contributed by atoms with van der Waals surface area (Å²) in [6.07, 6.45) is 8.32. The van der Waals surface area contributed by atoms with Crippen LogP contribution in [0.1, 0.15) is 59.5 Å². The lowest BCUT2D eigenvalue weighted by atomic mass is 9.84. The van der Waals surface area contributed by atoms with Crippen LogP contribution in [0.25, 0.3) is 0 Å². The van der Waals surface area contributed by atoms with E-state index in [-0.39, 0.29) is 29.6 Å². The van der Waals surface area contributed by atoms with Crippen molar-refractivity contribution in [2.24, 2.45) is 5.92 Å². The molecule has 0 bridgehead atoms. The topological polar surface area (TPSA) is 66.7 Å². The first-order chi connectivity index (χ1) is 16.5. The summed E-state index contributed by atoms with van der Waals surface area (Å²) in [6, 6.07) is 6.69. The number of piperidine rings is 1. The monoisotopic (exact) mass is 487 g/mol. The SMILES string of the molecule is CSCCC(=O)N(C)[C@H](Cc1ccccc1F)C1CCN(C(=O)c2noc3c2CCCC3)CC1. The zero-order chi connectivity index (χ0) is 24.1. The van der Waals surface area contributed by atoms with Crippen LogP contribution in [-0.4, -0.2) is 65.0 Å². The molecule has 2 heterocycles. The van der Waals surface area contributed by atoms with Crippen LogP contribution < -0.4 is 0 Å². The number of carbonyl (C=O) groups excluding carboxylic acids is 2. The van der Waals surface area contributed by atoms with Gasteiger partial charge in [-0.05, 0) is 62.3 Å². The smallest absolute Gasteiger partial charge is 0.276 e. The van der Waals surface area contributed by atoms with Gasteiger partial charge in [-0.2, -0.15) is 11.8 Å². The summed E-state index contributed by atoms with van der Waals surface area (Å²) in [7, 11) is 1.84.